The molecule has 0 aliphatic carbocycles. The highest BCUT2D eigenvalue weighted by Crippen LogP contribution is 2.01. The van der Waals surface area contributed by atoms with Gasteiger partial charge in [-0.1, -0.05) is 12.1 Å². The van der Waals surface area contributed by atoms with Crippen LogP contribution in [0.15, 0.2) is 24.3 Å². The van der Waals surface area contributed by atoms with Crippen LogP contribution in [0.25, 0.3) is 0 Å². The summed E-state index contributed by atoms with van der Waals surface area (Å²) in [5.41, 5.74) is 1.45. The molecular weight excluding hydrogens is 158 g/mol. The van der Waals surface area contributed by atoms with Gasteiger partial charge in [-0.05, 0) is 17.7 Å². The van der Waals surface area contributed by atoms with Gasteiger partial charge in [0.15, 0.2) is 0 Å². The van der Waals surface area contributed by atoms with Gasteiger partial charge in [-0.2, -0.15) is 18.8 Å². The third-order valence-electron chi connectivity index (χ3n) is 1.27. The Labute approximate surface area is 72.5 Å². The second-order valence-electron chi connectivity index (χ2n) is 1.97. The average molecular weight is 167 g/mol. The van der Waals surface area contributed by atoms with Gasteiger partial charge in [0, 0.05) is 0 Å². The van der Waals surface area contributed by atoms with Crippen LogP contribution in [0, 0.1) is 11.3 Å². The highest BCUT2D eigenvalue weighted by molar-refractivity contribution is 7.59. The van der Waals surface area contributed by atoms with Gasteiger partial charge in [-0.15, -0.1) is 0 Å². The number of hydrogen-bond donors (Lipinski definition) is 1. The zero-order valence-electron chi connectivity index (χ0n) is 5.91. The predicted octanol–water partition coefficient (Wildman–Crippen LogP) is 1.16. The normalized spacial score (nSPS) is 8.00. The summed E-state index contributed by atoms with van der Waals surface area (Å²) in [6, 6.07) is 8.84. The van der Waals surface area contributed by atoms with E-state index in [0.717, 1.165) is 5.56 Å². The maximum atomic E-state index is 8.62. The second-order valence-corrected chi connectivity index (χ2v) is 1.97. The molecule has 58 valence electrons. The molecule has 0 atom stereocenters. The maximum absolute atomic E-state index is 8.62. The molecule has 0 aromatic heterocycles. The summed E-state index contributed by atoms with van der Waals surface area (Å²) in [7, 11) is 0. The van der Waals surface area contributed by atoms with E-state index in [9.17, 15) is 0 Å². The van der Waals surface area contributed by atoms with Gasteiger partial charge in [-0.25, -0.2) is 0 Å². The Balaban J connectivity index is 0.000001000. The Bertz CT molecular complexity index is 250. The molecule has 0 bridgehead atoms. The molecule has 0 aliphatic heterocycles. The highest BCUT2D eigenvalue weighted by Gasteiger charge is 1.89. The lowest BCUT2D eigenvalue weighted by molar-refractivity contribution is 0.282. The molecule has 0 saturated heterocycles. The SMILES string of the molecule is N#Cc1ccc(CO)cc1.S. The van der Waals surface area contributed by atoms with Gasteiger partial charge in [0.05, 0.1) is 18.2 Å². The summed E-state index contributed by atoms with van der Waals surface area (Å²) in [4.78, 5) is 0. The van der Waals surface area contributed by atoms with Crippen molar-refractivity contribution in [1.82, 2.24) is 0 Å². The lowest BCUT2D eigenvalue weighted by atomic mass is 10.2. The molecule has 0 saturated carbocycles. The fourth-order valence-electron chi connectivity index (χ4n) is 0.685. The zero-order valence-corrected chi connectivity index (χ0v) is 6.91. The third kappa shape index (κ3) is 2.62. The minimum Gasteiger partial charge on any atom is -0.392 e. The first-order valence-electron chi connectivity index (χ1n) is 2.96. The molecule has 2 nitrogen and oxygen atoms in total. The summed E-state index contributed by atoms with van der Waals surface area (Å²) >= 11 is 0. The number of aliphatic hydroxyl groups is 1. The van der Waals surface area contributed by atoms with E-state index >= 15 is 0 Å². The minimum atomic E-state index is 0. The molecule has 1 aromatic carbocycles. The van der Waals surface area contributed by atoms with Crippen molar-refractivity contribution in [3.05, 3.63) is 35.4 Å². The summed E-state index contributed by atoms with van der Waals surface area (Å²) in [5.74, 6) is 0. The van der Waals surface area contributed by atoms with Gasteiger partial charge in [0.2, 0.25) is 0 Å². The van der Waals surface area contributed by atoms with Crippen molar-refractivity contribution in [2.24, 2.45) is 0 Å². The van der Waals surface area contributed by atoms with Crippen LogP contribution >= 0.6 is 13.5 Å². The Morgan fingerprint density at radius 3 is 2.18 bits per heavy atom. The first kappa shape index (κ1) is 10.0. The zero-order chi connectivity index (χ0) is 7.40. The molecule has 1 aromatic rings. The molecule has 1 rings (SSSR count). The van der Waals surface area contributed by atoms with Gasteiger partial charge in [0.25, 0.3) is 0 Å². The van der Waals surface area contributed by atoms with Crippen molar-refractivity contribution in [3.63, 3.8) is 0 Å². The minimum absolute atomic E-state index is 0. The van der Waals surface area contributed by atoms with Crippen molar-refractivity contribution >= 4 is 13.5 Å². The molecule has 11 heavy (non-hydrogen) atoms. The van der Waals surface area contributed by atoms with E-state index in [4.69, 9.17) is 10.4 Å². The van der Waals surface area contributed by atoms with Crippen LogP contribution in [-0.2, 0) is 6.61 Å². The fraction of sp³-hybridized carbons (Fsp3) is 0.125. The van der Waals surface area contributed by atoms with Crippen molar-refractivity contribution in [2.45, 2.75) is 6.61 Å². The number of nitrogens with zero attached hydrogens (tertiary/aromatic N) is 1. The van der Waals surface area contributed by atoms with E-state index < -0.39 is 0 Å². The lowest BCUT2D eigenvalue weighted by Gasteiger charge is -1.92. The van der Waals surface area contributed by atoms with Gasteiger partial charge >= 0.3 is 0 Å². The molecule has 0 aliphatic rings. The van der Waals surface area contributed by atoms with Crippen molar-refractivity contribution in [2.75, 3.05) is 0 Å². The summed E-state index contributed by atoms with van der Waals surface area (Å²) in [5, 5.41) is 17.0. The topological polar surface area (TPSA) is 44.0 Å². The van der Waals surface area contributed by atoms with Crippen LogP contribution in [0.5, 0.6) is 0 Å². The quantitative estimate of drug-likeness (QED) is 0.682. The van der Waals surface area contributed by atoms with Crippen LogP contribution in [0.2, 0.25) is 0 Å². The monoisotopic (exact) mass is 167 g/mol. The maximum Gasteiger partial charge on any atom is 0.0991 e. The second kappa shape index (κ2) is 4.78. The van der Waals surface area contributed by atoms with Crippen molar-refractivity contribution in [1.29, 1.82) is 5.26 Å². The van der Waals surface area contributed by atoms with E-state index in [1.165, 1.54) is 0 Å². The Morgan fingerprint density at radius 1 is 1.27 bits per heavy atom. The number of rotatable bonds is 1. The van der Waals surface area contributed by atoms with E-state index in [0.29, 0.717) is 5.56 Å². The number of benzene rings is 1. The molecule has 3 heteroatoms. The number of nitriles is 1. The smallest absolute Gasteiger partial charge is 0.0991 e. The fourth-order valence-corrected chi connectivity index (χ4v) is 0.685. The highest BCUT2D eigenvalue weighted by atomic mass is 32.1. The number of aliphatic hydroxyl groups excluding tert-OH is 1. The molecule has 0 unspecified atom stereocenters. The third-order valence-corrected chi connectivity index (χ3v) is 1.27. The molecule has 0 amide bonds. The van der Waals surface area contributed by atoms with Crippen LogP contribution in [0.3, 0.4) is 0 Å². The molecule has 0 radical (unpaired) electrons. The van der Waals surface area contributed by atoms with E-state index in [1.807, 2.05) is 6.07 Å². The first-order valence-corrected chi connectivity index (χ1v) is 2.96. The van der Waals surface area contributed by atoms with Crippen LogP contribution in [-0.4, -0.2) is 5.11 Å². The van der Waals surface area contributed by atoms with Crippen LogP contribution in [0.4, 0.5) is 0 Å². The molecule has 0 fully saturated rings. The largest absolute Gasteiger partial charge is 0.392 e. The van der Waals surface area contributed by atoms with Crippen LogP contribution in [0.1, 0.15) is 11.1 Å². The standard InChI is InChI=1S/C8H7NO.H2S/c9-5-7-1-3-8(6-10)4-2-7;/h1-4,10H,6H2;1H2. The van der Waals surface area contributed by atoms with Gasteiger partial charge in [0.1, 0.15) is 0 Å². The van der Waals surface area contributed by atoms with Gasteiger partial charge in [-0.3, -0.25) is 0 Å². The van der Waals surface area contributed by atoms with E-state index in [-0.39, 0.29) is 20.1 Å². The Morgan fingerprint density at radius 2 is 1.82 bits per heavy atom. The molecule has 0 heterocycles. The summed E-state index contributed by atoms with van der Waals surface area (Å²) in [6.07, 6.45) is 0. The Hall–Kier alpha value is -0.980. The molecule has 0 spiro atoms. The van der Waals surface area contributed by atoms with Gasteiger partial charge < -0.3 is 5.11 Å². The molecular formula is C8H9NOS. The van der Waals surface area contributed by atoms with E-state index in [2.05, 4.69) is 0 Å². The predicted molar refractivity (Wildman–Crippen MR) is 47.5 cm³/mol. The lowest BCUT2D eigenvalue weighted by Crippen LogP contribution is -1.81. The van der Waals surface area contributed by atoms with E-state index in [1.54, 1.807) is 24.3 Å². The summed E-state index contributed by atoms with van der Waals surface area (Å²) in [6.45, 7) is 0.0334. The van der Waals surface area contributed by atoms with Crippen LogP contribution < -0.4 is 0 Å². The number of hydrogen-bond acceptors (Lipinski definition) is 2. The van der Waals surface area contributed by atoms with Crippen molar-refractivity contribution in [3.8, 4) is 6.07 Å². The Kier molecular flexibility index (Phi) is 4.35. The molecule has 1 N–H and O–H groups in total. The average Bonchev–Trinajstić information content (AvgIpc) is 2.05. The van der Waals surface area contributed by atoms with Crippen molar-refractivity contribution < 1.29 is 5.11 Å². The first-order chi connectivity index (χ1) is 4.86. The summed E-state index contributed by atoms with van der Waals surface area (Å²) < 4.78 is 0.